The molecule has 0 atom stereocenters. The molecule has 0 radical (unpaired) electrons. The lowest BCUT2D eigenvalue weighted by Crippen LogP contribution is -2.22. The average molecular weight is 349 g/mol. The third kappa shape index (κ3) is 3.36. The van der Waals surface area contributed by atoms with E-state index in [0.717, 1.165) is 3.57 Å². The van der Waals surface area contributed by atoms with E-state index >= 15 is 0 Å². The van der Waals surface area contributed by atoms with Gasteiger partial charge in [0.2, 0.25) is 5.71 Å². The molecule has 1 aromatic rings. The molecular formula is C9H6ClIN4O. The molecule has 5 nitrogen and oxygen atoms in total. The summed E-state index contributed by atoms with van der Waals surface area (Å²) in [6.07, 6.45) is 0. The van der Waals surface area contributed by atoms with E-state index in [4.69, 9.17) is 22.6 Å². The Bertz CT molecular complexity index is 495. The number of nitrogens with zero attached hydrogens (tertiary/aromatic N) is 2. The molecule has 0 saturated carbocycles. The van der Waals surface area contributed by atoms with Gasteiger partial charge in [0.25, 0.3) is 5.91 Å². The maximum absolute atomic E-state index is 10.7. The standard InChI is InChI=1S/C9H6ClIN4O/c10-6-3-5(1-2-7(6)11)14-15-8(4-12)9(13)16/h1-3,14H,(H2,13,16). The SMILES string of the molecule is N#CC(=NNc1ccc(I)c(Cl)c1)C(N)=O. The van der Waals surface area contributed by atoms with E-state index in [2.05, 4.69) is 33.1 Å². The Balaban J connectivity index is 2.86. The molecule has 3 N–H and O–H groups in total. The Hall–Kier alpha value is -1.33. The lowest BCUT2D eigenvalue weighted by Gasteiger charge is -2.02. The summed E-state index contributed by atoms with van der Waals surface area (Å²) < 4.78 is 0.893. The van der Waals surface area contributed by atoms with E-state index < -0.39 is 11.6 Å². The number of rotatable bonds is 3. The molecule has 0 unspecified atom stereocenters. The number of nitriles is 1. The summed E-state index contributed by atoms with van der Waals surface area (Å²) in [4.78, 5) is 10.7. The van der Waals surface area contributed by atoms with Crippen molar-refractivity contribution in [1.82, 2.24) is 0 Å². The van der Waals surface area contributed by atoms with Crippen molar-refractivity contribution in [2.24, 2.45) is 10.8 Å². The lowest BCUT2D eigenvalue weighted by molar-refractivity contribution is -0.111. The number of benzene rings is 1. The fraction of sp³-hybridized carbons (Fsp3) is 0. The summed E-state index contributed by atoms with van der Waals surface area (Å²) in [5.74, 6) is -0.883. The van der Waals surface area contributed by atoms with Crippen molar-refractivity contribution < 1.29 is 4.79 Å². The van der Waals surface area contributed by atoms with Crippen LogP contribution < -0.4 is 11.2 Å². The van der Waals surface area contributed by atoms with Gasteiger partial charge >= 0.3 is 0 Å². The molecule has 16 heavy (non-hydrogen) atoms. The van der Waals surface area contributed by atoms with E-state index in [1.165, 1.54) is 0 Å². The van der Waals surface area contributed by atoms with Crippen LogP contribution in [0.2, 0.25) is 5.02 Å². The number of hydrazone groups is 1. The lowest BCUT2D eigenvalue weighted by atomic mass is 10.3. The van der Waals surface area contributed by atoms with Crippen LogP contribution in [0.4, 0.5) is 5.69 Å². The van der Waals surface area contributed by atoms with Gasteiger partial charge in [-0.15, -0.1) is 0 Å². The molecule has 0 aliphatic rings. The summed E-state index contributed by atoms with van der Waals surface area (Å²) in [5, 5.41) is 12.6. The number of amides is 1. The van der Waals surface area contributed by atoms with Crippen LogP contribution in [0.3, 0.4) is 0 Å². The minimum atomic E-state index is -0.883. The minimum Gasteiger partial charge on any atom is -0.364 e. The molecule has 82 valence electrons. The highest BCUT2D eigenvalue weighted by Gasteiger charge is 2.05. The maximum atomic E-state index is 10.7. The second-order valence-corrected chi connectivity index (χ2v) is 4.25. The molecule has 0 aliphatic carbocycles. The topological polar surface area (TPSA) is 91.3 Å². The van der Waals surface area contributed by atoms with Gasteiger partial charge in [0, 0.05) is 3.57 Å². The first-order valence-corrected chi connectivity index (χ1v) is 5.49. The van der Waals surface area contributed by atoms with E-state index in [-0.39, 0.29) is 0 Å². The van der Waals surface area contributed by atoms with Crippen molar-refractivity contribution >= 4 is 51.5 Å². The van der Waals surface area contributed by atoms with Crippen LogP contribution in [-0.4, -0.2) is 11.6 Å². The number of carbonyl (C=O) groups is 1. The molecule has 0 aliphatic heterocycles. The van der Waals surface area contributed by atoms with Crippen LogP contribution in [0.15, 0.2) is 23.3 Å². The van der Waals surface area contributed by atoms with Gasteiger partial charge in [0.1, 0.15) is 6.07 Å². The Labute approximate surface area is 110 Å². The van der Waals surface area contributed by atoms with Gasteiger partial charge in [0.15, 0.2) is 0 Å². The molecule has 1 amide bonds. The largest absolute Gasteiger partial charge is 0.364 e. The van der Waals surface area contributed by atoms with Crippen molar-refractivity contribution in [1.29, 1.82) is 5.26 Å². The smallest absolute Gasteiger partial charge is 0.280 e. The van der Waals surface area contributed by atoms with Gasteiger partial charge < -0.3 is 5.73 Å². The van der Waals surface area contributed by atoms with Crippen LogP contribution in [0, 0.1) is 14.9 Å². The molecule has 7 heteroatoms. The van der Waals surface area contributed by atoms with Gasteiger partial charge in [-0.25, -0.2) is 0 Å². The van der Waals surface area contributed by atoms with Crippen molar-refractivity contribution in [3.8, 4) is 6.07 Å². The van der Waals surface area contributed by atoms with Gasteiger partial charge in [-0.05, 0) is 40.8 Å². The average Bonchev–Trinajstić information content (AvgIpc) is 2.23. The molecule has 0 fully saturated rings. The monoisotopic (exact) mass is 348 g/mol. The van der Waals surface area contributed by atoms with Gasteiger partial charge in [-0.2, -0.15) is 10.4 Å². The summed E-state index contributed by atoms with van der Waals surface area (Å²) in [7, 11) is 0. The number of nitrogens with two attached hydrogens (primary N) is 1. The zero-order valence-corrected chi connectivity index (χ0v) is 10.8. The third-order valence-corrected chi connectivity index (χ3v) is 3.13. The Kier molecular flexibility index (Phi) is 4.52. The maximum Gasteiger partial charge on any atom is 0.280 e. The first kappa shape index (κ1) is 12.7. The normalized spacial score (nSPS) is 10.7. The highest BCUT2D eigenvalue weighted by Crippen LogP contribution is 2.22. The van der Waals surface area contributed by atoms with Crippen molar-refractivity contribution in [2.45, 2.75) is 0 Å². The molecule has 0 heterocycles. The minimum absolute atomic E-state index is 0.394. The van der Waals surface area contributed by atoms with Crippen LogP contribution in [0.5, 0.6) is 0 Å². The number of primary amides is 1. The van der Waals surface area contributed by atoms with E-state index in [0.29, 0.717) is 10.7 Å². The summed E-state index contributed by atoms with van der Waals surface area (Å²) in [6.45, 7) is 0. The number of anilines is 1. The van der Waals surface area contributed by atoms with Gasteiger partial charge in [0.05, 0.1) is 10.7 Å². The fourth-order valence-electron chi connectivity index (χ4n) is 0.821. The van der Waals surface area contributed by atoms with E-state index in [9.17, 15) is 4.79 Å². The van der Waals surface area contributed by atoms with Crippen molar-refractivity contribution in [2.75, 3.05) is 5.43 Å². The van der Waals surface area contributed by atoms with Gasteiger partial charge in [-0.1, -0.05) is 11.6 Å². The van der Waals surface area contributed by atoms with Crippen LogP contribution in [-0.2, 0) is 4.79 Å². The second kappa shape index (κ2) is 5.67. The highest BCUT2D eigenvalue weighted by molar-refractivity contribution is 14.1. The third-order valence-electron chi connectivity index (χ3n) is 1.56. The molecule has 0 aromatic heterocycles. The molecule has 0 saturated heterocycles. The Morgan fingerprint density at radius 3 is 2.81 bits per heavy atom. The van der Waals surface area contributed by atoms with E-state index in [1.54, 1.807) is 24.3 Å². The molecule has 1 rings (SSSR count). The Morgan fingerprint density at radius 1 is 1.62 bits per heavy atom. The fourth-order valence-corrected chi connectivity index (χ4v) is 1.34. The zero-order valence-electron chi connectivity index (χ0n) is 7.87. The molecule has 1 aromatic carbocycles. The van der Waals surface area contributed by atoms with Gasteiger partial charge in [-0.3, -0.25) is 10.2 Å². The molecule has 0 bridgehead atoms. The van der Waals surface area contributed by atoms with Crippen molar-refractivity contribution in [3.05, 3.63) is 26.8 Å². The zero-order chi connectivity index (χ0) is 12.1. The summed E-state index contributed by atoms with van der Waals surface area (Å²) >= 11 is 7.95. The molecular weight excluding hydrogens is 342 g/mol. The Morgan fingerprint density at radius 2 is 2.31 bits per heavy atom. The highest BCUT2D eigenvalue weighted by atomic mass is 127. The number of nitrogens with one attached hydrogen (secondary N) is 1. The van der Waals surface area contributed by atoms with Crippen molar-refractivity contribution in [3.63, 3.8) is 0 Å². The quantitative estimate of drug-likeness (QED) is 0.495. The number of halogens is 2. The second-order valence-electron chi connectivity index (χ2n) is 2.68. The number of carbonyl (C=O) groups excluding carboxylic acids is 1. The summed E-state index contributed by atoms with van der Waals surface area (Å²) in [5.41, 5.74) is 7.60. The van der Waals surface area contributed by atoms with Crippen LogP contribution >= 0.6 is 34.2 Å². The van der Waals surface area contributed by atoms with Crippen LogP contribution in [0.25, 0.3) is 0 Å². The number of hydrogen-bond donors (Lipinski definition) is 2. The van der Waals surface area contributed by atoms with Crippen LogP contribution in [0.1, 0.15) is 0 Å². The first-order chi connectivity index (χ1) is 7.54. The predicted octanol–water partition coefficient (Wildman–Crippen LogP) is 1.72. The number of hydrogen-bond acceptors (Lipinski definition) is 4. The van der Waals surface area contributed by atoms with E-state index in [1.807, 2.05) is 0 Å². The molecule has 0 spiro atoms. The predicted molar refractivity (Wildman–Crippen MR) is 70.0 cm³/mol. The first-order valence-electron chi connectivity index (χ1n) is 4.03. The summed E-state index contributed by atoms with van der Waals surface area (Å²) in [6, 6.07) is 6.69.